The highest BCUT2D eigenvalue weighted by atomic mass is 16.5. The van der Waals surface area contributed by atoms with Crippen LogP contribution in [0.4, 0.5) is 0 Å². The number of ether oxygens (including phenoxy) is 1. The maximum absolute atomic E-state index is 8.55. The summed E-state index contributed by atoms with van der Waals surface area (Å²) in [6, 6.07) is 4.90. The molecule has 1 radical (unpaired) electrons. The first-order valence-electron chi connectivity index (χ1n) is 4.33. The Kier molecular flexibility index (Phi) is 3.71. The highest BCUT2D eigenvalue weighted by Crippen LogP contribution is 2.10. The summed E-state index contributed by atoms with van der Waals surface area (Å²) in [4.78, 5) is 4.15. The SMILES string of the molecule is Cc1[c]c(C)nc(OCCCO)c1. The Morgan fingerprint density at radius 2 is 2.31 bits per heavy atom. The first-order chi connectivity index (χ1) is 6.22. The van der Waals surface area contributed by atoms with E-state index in [1.165, 1.54) is 0 Å². The van der Waals surface area contributed by atoms with Gasteiger partial charge in [0.05, 0.1) is 6.61 Å². The number of aryl methyl sites for hydroxylation is 2. The Labute approximate surface area is 78.4 Å². The summed E-state index contributed by atoms with van der Waals surface area (Å²) in [5, 5.41) is 8.55. The van der Waals surface area contributed by atoms with Gasteiger partial charge in [0.2, 0.25) is 5.88 Å². The van der Waals surface area contributed by atoms with Crippen molar-refractivity contribution in [3.63, 3.8) is 0 Å². The van der Waals surface area contributed by atoms with Gasteiger partial charge >= 0.3 is 0 Å². The maximum atomic E-state index is 8.55. The molecule has 1 aromatic rings. The predicted octanol–water partition coefficient (Wildman–Crippen LogP) is 1.26. The second kappa shape index (κ2) is 4.82. The second-order valence-electron chi connectivity index (χ2n) is 2.91. The van der Waals surface area contributed by atoms with Gasteiger partial charge in [-0.3, -0.25) is 0 Å². The molecule has 1 rings (SSSR count). The smallest absolute Gasteiger partial charge is 0.213 e. The van der Waals surface area contributed by atoms with Crippen molar-refractivity contribution >= 4 is 0 Å². The van der Waals surface area contributed by atoms with Crippen molar-refractivity contribution in [3.8, 4) is 5.88 Å². The topological polar surface area (TPSA) is 42.4 Å². The summed E-state index contributed by atoms with van der Waals surface area (Å²) in [7, 11) is 0. The number of nitrogens with zero attached hydrogens (tertiary/aromatic N) is 1. The van der Waals surface area contributed by atoms with Crippen molar-refractivity contribution in [3.05, 3.63) is 23.4 Å². The molecule has 71 valence electrons. The van der Waals surface area contributed by atoms with Gasteiger partial charge in [-0.2, -0.15) is 0 Å². The first-order valence-corrected chi connectivity index (χ1v) is 4.33. The summed E-state index contributed by atoms with van der Waals surface area (Å²) in [6.45, 7) is 4.49. The predicted molar refractivity (Wildman–Crippen MR) is 49.7 cm³/mol. The Balaban J connectivity index is 2.56. The van der Waals surface area contributed by atoms with E-state index in [0.29, 0.717) is 18.9 Å². The largest absolute Gasteiger partial charge is 0.478 e. The monoisotopic (exact) mass is 180 g/mol. The van der Waals surface area contributed by atoms with Crippen LogP contribution in [0.3, 0.4) is 0 Å². The molecule has 0 fully saturated rings. The van der Waals surface area contributed by atoms with E-state index in [4.69, 9.17) is 9.84 Å². The lowest BCUT2D eigenvalue weighted by Gasteiger charge is -2.05. The molecule has 0 saturated heterocycles. The molecule has 0 unspecified atom stereocenters. The fourth-order valence-electron chi connectivity index (χ4n) is 1.05. The lowest BCUT2D eigenvalue weighted by molar-refractivity contribution is 0.229. The van der Waals surface area contributed by atoms with E-state index in [-0.39, 0.29) is 6.61 Å². The van der Waals surface area contributed by atoms with Crippen LogP contribution in [-0.4, -0.2) is 23.3 Å². The second-order valence-corrected chi connectivity index (χ2v) is 2.91. The third kappa shape index (κ3) is 3.42. The molecular formula is C10H14NO2. The molecule has 0 amide bonds. The molecule has 0 aliphatic carbocycles. The van der Waals surface area contributed by atoms with Gasteiger partial charge in [-0.05, 0) is 19.4 Å². The number of pyridine rings is 1. The van der Waals surface area contributed by atoms with Gasteiger partial charge in [-0.25, -0.2) is 4.98 Å². The average Bonchev–Trinajstić information content (AvgIpc) is 2.03. The van der Waals surface area contributed by atoms with Crippen molar-refractivity contribution in [2.24, 2.45) is 0 Å². The molecule has 3 nitrogen and oxygen atoms in total. The van der Waals surface area contributed by atoms with E-state index in [1.807, 2.05) is 19.9 Å². The van der Waals surface area contributed by atoms with Crippen molar-refractivity contribution < 1.29 is 9.84 Å². The summed E-state index contributed by atoms with van der Waals surface area (Å²) in [5.41, 5.74) is 1.85. The Hall–Kier alpha value is -1.09. The summed E-state index contributed by atoms with van der Waals surface area (Å²) in [5.74, 6) is 0.613. The highest BCUT2D eigenvalue weighted by molar-refractivity contribution is 5.21. The minimum absolute atomic E-state index is 0.150. The number of hydrogen-bond acceptors (Lipinski definition) is 3. The minimum Gasteiger partial charge on any atom is -0.478 e. The van der Waals surface area contributed by atoms with E-state index in [1.54, 1.807) is 0 Å². The van der Waals surface area contributed by atoms with Crippen molar-refractivity contribution in [2.45, 2.75) is 20.3 Å². The zero-order chi connectivity index (χ0) is 9.68. The Morgan fingerprint density at radius 3 is 2.92 bits per heavy atom. The third-order valence-corrected chi connectivity index (χ3v) is 1.55. The number of aliphatic hydroxyl groups is 1. The van der Waals surface area contributed by atoms with E-state index in [9.17, 15) is 0 Å². The van der Waals surface area contributed by atoms with E-state index in [0.717, 1.165) is 11.3 Å². The van der Waals surface area contributed by atoms with Crippen molar-refractivity contribution in [1.82, 2.24) is 4.98 Å². The normalized spacial score (nSPS) is 10.1. The van der Waals surface area contributed by atoms with Gasteiger partial charge in [-0.15, -0.1) is 0 Å². The highest BCUT2D eigenvalue weighted by Gasteiger charge is 1.97. The van der Waals surface area contributed by atoms with E-state index in [2.05, 4.69) is 11.1 Å². The van der Waals surface area contributed by atoms with E-state index < -0.39 is 0 Å². The molecule has 1 N–H and O–H groups in total. The van der Waals surface area contributed by atoms with Crippen LogP contribution < -0.4 is 4.74 Å². The fraction of sp³-hybridized carbons (Fsp3) is 0.500. The molecule has 0 spiro atoms. The minimum atomic E-state index is 0.150. The summed E-state index contributed by atoms with van der Waals surface area (Å²) < 4.78 is 5.32. The maximum Gasteiger partial charge on any atom is 0.213 e. The van der Waals surface area contributed by atoms with Gasteiger partial charge in [0.25, 0.3) is 0 Å². The number of aliphatic hydroxyl groups excluding tert-OH is 1. The van der Waals surface area contributed by atoms with E-state index >= 15 is 0 Å². The van der Waals surface area contributed by atoms with Crippen molar-refractivity contribution in [2.75, 3.05) is 13.2 Å². The third-order valence-electron chi connectivity index (χ3n) is 1.55. The lowest BCUT2D eigenvalue weighted by Crippen LogP contribution is -2.02. The lowest BCUT2D eigenvalue weighted by atomic mass is 10.2. The van der Waals surface area contributed by atoms with Crippen LogP contribution in [0, 0.1) is 19.9 Å². The molecule has 0 aliphatic rings. The zero-order valence-electron chi connectivity index (χ0n) is 8.00. The number of rotatable bonds is 4. The molecular weight excluding hydrogens is 166 g/mol. The van der Waals surface area contributed by atoms with Gasteiger partial charge < -0.3 is 9.84 Å². The van der Waals surface area contributed by atoms with Crippen molar-refractivity contribution in [1.29, 1.82) is 0 Å². The van der Waals surface area contributed by atoms with Gasteiger partial charge in [0, 0.05) is 30.9 Å². The van der Waals surface area contributed by atoms with Crippen LogP contribution in [0.25, 0.3) is 0 Å². The molecule has 3 heteroatoms. The standard InChI is InChI=1S/C10H14NO2/c1-8-6-9(2)11-10(7-8)13-5-3-4-12/h7,12H,3-5H2,1-2H3. The van der Waals surface area contributed by atoms with Crippen LogP contribution in [0.1, 0.15) is 17.7 Å². The molecule has 0 aliphatic heterocycles. The average molecular weight is 180 g/mol. The van der Waals surface area contributed by atoms with Crippen LogP contribution >= 0.6 is 0 Å². The molecule has 1 aromatic heterocycles. The summed E-state index contributed by atoms with van der Waals surface area (Å²) in [6.07, 6.45) is 0.637. The van der Waals surface area contributed by atoms with Gasteiger partial charge in [0.1, 0.15) is 0 Å². The molecule has 0 saturated carbocycles. The zero-order valence-corrected chi connectivity index (χ0v) is 8.00. The van der Waals surface area contributed by atoms with Crippen LogP contribution in [0.2, 0.25) is 0 Å². The van der Waals surface area contributed by atoms with Crippen LogP contribution in [0.5, 0.6) is 5.88 Å². The quantitative estimate of drug-likeness (QED) is 0.709. The van der Waals surface area contributed by atoms with Crippen LogP contribution in [-0.2, 0) is 0 Å². The Morgan fingerprint density at radius 1 is 1.54 bits per heavy atom. The number of aromatic nitrogens is 1. The molecule has 0 atom stereocenters. The number of hydrogen-bond donors (Lipinski definition) is 1. The molecule has 0 bridgehead atoms. The van der Waals surface area contributed by atoms with Gasteiger partial charge in [0.15, 0.2) is 0 Å². The first kappa shape index (κ1) is 9.99. The summed E-state index contributed by atoms with van der Waals surface area (Å²) >= 11 is 0. The Bertz CT molecular complexity index is 253. The van der Waals surface area contributed by atoms with Crippen LogP contribution in [0.15, 0.2) is 6.07 Å². The molecule has 13 heavy (non-hydrogen) atoms. The van der Waals surface area contributed by atoms with Gasteiger partial charge in [-0.1, -0.05) is 0 Å². The molecule has 1 heterocycles. The molecule has 0 aromatic carbocycles. The fourth-order valence-corrected chi connectivity index (χ4v) is 1.05.